The van der Waals surface area contributed by atoms with E-state index >= 15 is 0 Å². The van der Waals surface area contributed by atoms with Crippen LogP contribution in [0.25, 0.3) is 11.3 Å². The molecule has 0 spiro atoms. The SMILES string of the molecule is O=c1cnc2cn3c(=O)cnc3cn12. The first kappa shape index (κ1) is 7.19. The second kappa shape index (κ2) is 2.16. The first-order chi connectivity index (χ1) is 6.75. The van der Waals surface area contributed by atoms with E-state index in [0.717, 1.165) is 0 Å². The van der Waals surface area contributed by atoms with Crippen LogP contribution in [0.1, 0.15) is 0 Å². The highest BCUT2D eigenvalue weighted by Gasteiger charge is 2.04. The molecular weight excluding hydrogens is 184 g/mol. The van der Waals surface area contributed by atoms with Crippen molar-refractivity contribution in [1.82, 2.24) is 18.8 Å². The highest BCUT2D eigenvalue weighted by molar-refractivity contribution is 5.45. The summed E-state index contributed by atoms with van der Waals surface area (Å²) in [6.07, 6.45) is 5.40. The summed E-state index contributed by atoms with van der Waals surface area (Å²) < 4.78 is 2.70. The van der Waals surface area contributed by atoms with Gasteiger partial charge in [-0.1, -0.05) is 0 Å². The van der Waals surface area contributed by atoms with Crippen LogP contribution < -0.4 is 11.1 Å². The van der Waals surface area contributed by atoms with Gasteiger partial charge in [0.1, 0.15) is 0 Å². The summed E-state index contributed by atoms with van der Waals surface area (Å²) in [6, 6.07) is 0. The fourth-order valence-corrected chi connectivity index (χ4v) is 1.40. The van der Waals surface area contributed by atoms with Crippen molar-refractivity contribution >= 4 is 11.3 Å². The number of hydrogen-bond acceptors (Lipinski definition) is 4. The minimum Gasteiger partial charge on any atom is -0.267 e. The predicted octanol–water partition coefficient (Wildman–Crippen LogP) is -0.860. The summed E-state index contributed by atoms with van der Waals surface area (Å²) in [5.74, 6) is 0. The fraction of sp³-hybridized carbons (Fsp3) is 0. The molecule has 3 aromatic rings. The zero-order valence-electron chi connectivity index (χ0n) is 6.91. The smallest absolute Gasteiger partial charge is 0.267 e. The molecule has 3 rings (SSSR count). The molecule has 0 amide bonds. The quantitative estimate of drug-likeness (QED) is 0.460. The molecule has 0 unspecified atom stereocenters. The number of nitrogens with zero attached hydrogens (tertiary/aromatic N) is 4. The Labute approximate surface area is 76.4 Å². The molecule has 0 aliphatic rings. The molecule has 0 aliphatic carbocycles. The maximum absolute atomic E-state index is 11.2. The Kier molecular flexibility index (Phi) is 1.11. The van der Waals surface area contributed by atoms with E-state index in [0.29, 0.717) is 11.3 Å². The van der Waals surface area contributed by atoms with Crippen LogP contribution in [0, 0.1) is 0 Å². The molecule has 0 saturated carbocycles. The monoisotopic (exact) mass is 188 g/mol. The third-order valence-electron chi connectivity index (χ3n) is 2.07. The highest BCUT2D eigenvalue weighted by Crippen LogP contribution is 1.98. The van der Waals surface area contributed by atoms with Gasteiger partial charge in [0.05, 0.1) is 24.8 Å². The van der Waals surface area contributed by atoms with Crippen molar-refractivity contribution in [3.05, 3.63) is 45.5 Å². The number of imidazole rings is 2. The zero-order valence-corrected chi connectivity index (χ0v) is 6.91. The Balaban J connectivity index is 2.69. The number of fused-ring (bicyclic) bond motifs is 2. The minimum atomic E-state index is -0.224. The molecule has 68 valence electrons. The van der Waals surface area contributed by atoms with Crippen molar-refractivity contribution in [2.75, 3.05) is 0 Å². The van der Waals surface area contributed by atoms with Gasteiger partial charge in [-0.3, -0.25) is 18.4 Å². The molecular formula is C8H4N4O2. The molecule has 14 heavy (non-hydrogen) atoms. The summed E-state index contributed by atoms with van der Waals surface area (Å²) >= 11 is 0. The van der Waals surface area contributed by atoms with Crippen molar-refractivity contribution in [1.29, 1.82) is 0 Å². The Hall–Kier alpha value is -2.24. The average molecular weight is 188 g/mol. The standard InChI is InChI=1S/C8H4N4O2/c13-7-1-9-5-3-12-6(4-11(5)7)10-2-8(12)14/h1-4H. The molecule has 0 aliphatic heterocycles. The topological polar surface area (TPSA) is 68.7 Å². The molecule has 3 aromatic heterocycles. The van der Waals surface area contributed by atoms with Crippen LogP contribution in [0.4, 0.5) is 0 Å². The molecule has 0 fully saturated rings. The van der Waals surface area contributed by atoms with E-state index in [9.17, 15) is 9.59 Å². The van der Waals surface area contributed by atoms with Gasteiger partial charge in [0.15, 0.2) is 11.3 Å². The lowest BCUT2D eigenvalue weighted by molar-refractivity contribution is 1.04. The van der Waals surface area contributed by atoms with Crippen molar-refractivity contribution < 1.29 is 0 Å². The van der Waals surface area contributed by atoms with Gasteiger partial charge in [-0.25, -0.2) is 9.97 Å². The van der Waals surface area contributed by atoms with Crippen LogP contribution in [0.3, 0.4) is 0 Å². The molecule has 0 bridgehead atoms. The van der Waals surface area contributed by atoms with Crippen LogP contribution >= 0.6 is 0 Å². The molecule has 0 N–H and O–H groups in total. The largest absolute Gasteiger partial charge is 0.274 e. The lowest BCUT2D eigenvalue weighted by Gasteiger charge is -1.93. The Morgan fingerprint density at radius 1 is 0.857 bits per heavy atom. The van der Waals surface area contributed by atoms with E-state index in [1.807, 2.05) is 0 Å². The average Bonchev–Trinajstić information content (AvgIpc) is 2.71. The van der Waals surface area contributed by atoms with Gasteiger partial charge in [-0.15, -0.1) is 0 Å². The van der Waals surface area contributed by atoms with Crippen molar-refractivity contribution in [3.63, 3.8) is 0 Å². The third-order valence-corrected chi connectivity index (χ3v) is 2.07. The summed E-state index contributed by atoms with van der Waals surface area (Å²) in [6.45, 7) is 0. The molecule has 0 atom stereocenters. The van der Waals surface area contributed by atoms with Crippen LogP contribution in [0.2, 0.25) is 0 Å². The van der Waals surface area contributed by atoms with E-state index in [-0.39, 0.29) is 11.1 Å². The normalized spacial score (nSPS) is 11.4. The van der Waals surface area contributed by atoms with Gasteiger partial charge in [-0.05, 0) is 0 Å². The second-order valence-corrected chi connectivity index (χ2v) is 2.91. The maximum atomic E-state index is 11.2. The van der Waals surface area contributed by atoms with Gasteiger partial charge in [0, 0.05) is 0 Å². The molecule has 0 radical (unpaired) electrons. The van der Waals surface area contributed by atoms with E-state index < -0.39 is 0 Å². The Bertz CT molecular complexity index is 663. The first-order valence-corrected chi connectivity index (χ1v) is 3.94. The van der Waals surface area contributed by atoms with Gasteiger partial charge >= 0.3 is 0 Å². The van der Waals surface area contributed by atoms with Gasteiger partial charge < -0.3 is 0 Å². The molecule has 0 saturated heterocycles. The fourth-order valence-electron chi connectivity index (χ4n) is 1.40. The van der Waals surface area contributed by atoms with Crippen LogP contribution in [-0.4, -0.2) is 18.8 Å². The van der Waals surface area contributed by atoms with Crippen molar-refractivity contribution in [3.8, 4) is 0 Å². The lowest BCUT2D eigenvalue weighted by Crippen LogP contribution is -2.10. The van der Waals surface area contributed by atoms with Gasteiger partial charge in [-0.2, -0.15) is 0 Å². The molecule has 3 heterocycles. The third kappa shape index (κ3) is 0.743. The summed E-state index contributed by atoms with van der Waals surface area (Å²) in [5, 5.41) is 0. The van der Waals surface area contributed by atoms with Crippen LogP contribution in [-0.2, 0) is 0 Å². The zero-order chi connectivity index (χ0) is 9.71. The number of hydrogen-bond donors (Lipinski definition) is 0. The number of aromatic nitrogens is 4. The Morgan fingerprint density at radius 2 is 1.29 bits per heavy atom. The highest BCUT2D eigenvalue weighted by atomic mass is 16.1. The van der Waals surface area contributed by atoms with Crippen LogP contribution in [0.5, 0.6) is 0 Å². The molecule has 6 heteroatoms. The van der Waals surface area contributed by atoms with Gasteiger partial charge in [0.25, 0.3) is 11.1 Å². The van der Waals surface area contributed by atoms with Crippen LogP contribution in [0.15, 0.2) is 34.4 Å². The predicted molar refractivity (Wildman–Crippen MR) is 47.7 cm³/mol. The van der Waals surface area contributed by atoms with E-state index in [1.165, 1.54) is 33.6 Å². The van der Waals surface area contributed by atoms with Crippen molar-refractivity contribution in [2.24, 2.45) is 0 Å². The van der Waals surface area contributed by atoms with Gasteiger partial charge in [0.2, 0.25) is 0 Å². The van der Waals surface area contributed by atoms with E-state index in [4.69, 9.17) is 0 Å². The number of rotatable bonds is 0. The first-order valence-electron chi connectivity index (χ1n) is 3.94. The lowest BCUT2D eigenvalue weighted by atomic mass is 10.6. The van der Waals surface area contributed by atoms with Crippen molar-refractivity contribution in [2.45, 2.75) is 0 Å². The second-order valence-electron chi connectivity index (χ2n) is 2.91. The summed E-state index contributed by atoms with van der Waals surface area (Å²) in [7, 11) is 0. The van der Waals surface area contributed by atoms with E-state index in [2.05, 4.69) is 9.97 Å². The van der Waals surface area contributed by atoms with E-state index in [1.54, 1.807) is 0 Å². The molecule has 0 aromatic carbocycles. The Morgan fingerprint density at radius 3 is 1.71 bits per heavy atom. The molecule has 6 nitrogen and oxygen atoms in total. The minimum absolute atomic E-state index is 0.224. The maximum Gasteiger partial charge on any atom is 0.274 e. The summed E-state index contributed by atoms with van der Waals surface area (Å²) in [5.41, 5.74) is 0.436. The summed E-state index contributed by atoms with van der Waals surface area (Å²) in [4.78, 5) is 30.1.